The second-order valence-electron chi connectivity index (χ2n) is 5.73. The first-order chi connectivity index (χ1) is 8.72. The van der Waals surface area contributed by atoms with Crippen molar-refractivity contribution in [2.45, 2.75) is 43.4 Å². The van der Waals surface area contributed by atoms with Gasteiger partial charge in [-0.1, -0.05) is 0 Å². The molecule has 0 aromatic carbocycles. The fourth-order valence-electron chi connectivity index (χ4n) is 2.87. The molecule has 0 aromatic heterocycles. The number of methoxy groups -OCH3 is 1. The number of hydrogen-bond donors (Lipinski definition) is 1. The van der Waals surface area contributed by atoms with Crippen LogP contribution >= 0.6 is 0 Å². The number of nitrogens with one attached hydrogen (secondary N) is 1. The van der Waals surface area contributed by atoms with E-state index in [1.54, 1.807) is 7.11 Å². The Kier molecular flexibility index (Phi) is 3.30. The Morgan fingerprint density at radius 3 is 2.94 bits per heavy atom. The molecule has 3 fully saturated rings. The molecule has 3 rings (SSSR count). The predicted octanol–water partition coefficient (Wildman–Crippen LogP) is 0.145. The van der Waals surface area contributed by atoms with Crippen LogP contribution in [0, 0.1) is 0 Å². The molecule has 1 saturated carbocycles. The summed E-state index contributed by atoms with van der Waals surface area (Å²) in [6.45, 7) is 2.85. The van der Waals surface area contributed by atoms with Gasteiger partial charge in [-0.2, -0.15) is 0 Å². The summed E-state index contributed by atoms with van der Waals surface area (Å²) in [5.74, 6) is 0.241. The van der Waals surface area contributed by atoms with Gasteiger partial charge in [0.05, 0.1) is 19.2 Å². The lowest BCUT2D eigenvalue weighted by Crippen LogP contribution is -2.48. The third-order valence-electron chi connectivity index (χ3n) is 4.29. The van der Waals surface area contributed by atoms with Crippen LogP contribution in [0.5, 0.6) is 0 Å². The molecule has 5 nitrogen and oxygen atoms in total. The Morgan fingerprint density at radius 2 is 2.33 bits per heavy atom. The average Bonchev–Trinajstić information content (AvgIpc) is 2.98. The van der Waals surface area contributed by atoms with Crippen LogP contribution in [-0.4, -0.2) is 61.9 Å². The Bertz CT molecular complexity index is 324. The van der Waals surface area contributed by atoms with Crippen molar-refractivity contribution in [3.05, 3.63) is 0 Å². The maximum Gasteiger partial charge on any atom is 0.239 e. The van der Waals surface area contributed by atoms with Crippen molar-refractivity contribution in [1.82, 2.24) is 10.2 Å². The first-order valence-corrected chi connectivity index (χ1v) is 6.90. The van der Waals surface area contributed by atoms with Crippen LogP contribution in [-0.2, 0) is 14.3 Å². The summed E-state index contributed by atoms with van der Waals surface area (Å²) in [6.07, 6.45) is 4.25. The van der Waals surface area contributed by atoms with Gasteiger partial charge in [0, 0.05) is 32.7 Å². The fraction of sp³-hybridized carbons (Fsp3) is 0.923. The lowest BCUT2D eigenvalue weighted by atomic mass is 10.0. The zero-order valence-electron chi connectivity index (χ0n) is 11.0. The van der Waals surface area contributed by atoms with E-state index in [1.165, 1.54) is 12.8 Å². The molecule has 0 spiro atoms. The minimum Gasteiger partial charge on any atom is -0.378 e. The van der Waals surface area contributed by atoms with Crippen LogP contribution in [0.1, 0.15) is 25.7 Å². The number of carbonyl (C=O) groups excluding carboxylic acids is 1. The van der Waals surface area contributed by atoms with E-state index in [2.05, 4.69) is 5.32 Å². The van der Waals surface area contributed by atoms with Gasteiger partial charge in [0.2, 0.25) is 5.91 Å². The van der Waals surface area contributed by atoms with Crippen molar-refractivity contribution in [3.63, 3.8) is 0 Å². The molecule has 2 saturated heterocycles. The standard InChI is InChI=1S/C13H22N2O3/c1-17-13(5-7-18-9-13)8-15-6-4-11(12(15)16)14-10-2-3-10/h10-11,14H,2-9H2,1H3. The molecule has 5 heteroatoms. The fourth-order valence-corrected chi connectivity index (χ4v) is 2.87. The summed E-state index contributed by atoms with van der Waals surface area (Å²) < 4.78 is 11.0. The van der Waals surface area contributed by atoms with Gasteiger partial charge >= 0.3 is 0 Å². The monoisotopic (exact) mass is 254 g/mol. The van der Waals surface area contributed by atoms with Crippen LogP contribution in [0.2, 0.25) is 0 Å². The Balaban J connectivity index is 1.57. The first kappa shape index (κ1) is 12.4. The summed E-state index contributed by atoms with van der Waals surface area (Å²) in [5, 5.41) is 3.42. The highest BCUT2D eigenvalue weighted by molar-refractivity contribution is 5.84. The van der Waals surface area contributed by atoms with E-state index >= 15 is 0 Å². The molecular formula is C13H22N2O3. The van der Waals surface area contributed by atoms with Gasteiger partial charge in [0.1, 0.15) is 5.60 Å². The number of rotatable bonds is 5. The van der Waals surface area contributed by atoms with E-state index in [1.807, 2.05) is 4.90 Å². The van der Waals surface area contributed by atoms with E-state index in [0.717, 1.165) is 26.0 Å². The SMILES string of the molecule is COC1(CN2CCC(NC3CC3)C2=O)CCOC1. The maximum atomic E-state index is 12.3. The Morgan fingerprint density at radius 1 is 1.50 bits per heavy atom. The first-order valence-electron chi connectivity index (χ1n) is 6.90. The van der Waals surface area contributed by atoms with E-state index in [-0.39, 0.29) is 17.6 Å². The third-order valence-corrected chi connectivity index (χ3v) is 4.29. The highest BCUT2D eigenvalue weighted by Gasteiger charge is 2.42. The molecule has 0 bridgehead atoms. The van der Waals surface area contributed by atoms with E-state index < -0.39 is 0 Å². The largest absolute Gasteiger partial charge is 0.378 e. The maximum absolute atomic E-state index is 12.3. The van der Waals surface area contributed by atoms with Crippen LogP contribution < -0.4 is 5.32 Å². The van der Waals surface area contributed by atoms with Crippen LogP contribution in [0.15, 0.2) is 0 Å². The normalized spacial score (nSPS) is 36.6. The molecule has 1 N–H and O–H groups in total. The van der Waals surface area contributed by atoms with E-state index in [9.17, 15) is 4.79 Å². The van der Waals surface area contributed by atoms with Crippen LogP contribution in [0.4, 0.5) is 0 Å². The number of likely N-dealkylation sites (tertiary alicyclic amines) is 1. The van der Waals surface area contributed by atoms with Crippen molar-refractivity contribution in [3.8, 4) is 0 Å². The van der Waals surface area contributed by atoms with Crippen molar-refractivity contribution in [2.75, 3.05) is 33.4 Å². The van der Waals surface area contributed by atoms with Gasteiger partial charge in [0.25, 0.3) is 0 Å². The minimum absolute atomic E-state index is 0.0359. The zero-order valence-corrected chi connectivity index (χ0v) is 11.0. The zero-order chi connectivity index (χ0) is 12.6. The second kappa shape index (κ2) is 4.79. The molecule has 102 valence electrons. The number of nitrogens with zero attached hydrogens (tertiary/aromatic N) is 1. The number of ether oxygens (including phenoxy) is 2. The van der Waals surface area contributed by atoms with Gasteiger partial charge in [-0.15, -0.1) is 0 Å². The molecule has 1 aliphatic carbocycles. The van der Waals surface area contributed by atoms with E-state index in [4.69, 9.17) is 9.47 Å². The van der Waals surface area contributed by atoms with E-state index in [0.29, 0.717) is 19.2 Å². The summed E-state index contributed by atoms with van der Waals surface area (Å²) in [5.41, 5.74) is -0.274. The molecule has 2 aliphatic heterocycles. The summed E-state index contributed by atoms with van der Waals surface area (Å²) >= 11 is 0. The average molecular weight is 254 g/mol. The molecule has 1 amide bonds. The van der Waals surface area contributed by atoms with Gasteiger partial charge in [0.15, 0.2) is 0 Å². The lowest BCUT2D eigenvalue weighted by Gasteiger charge is -2.31. The van der Waals surface area contributed by atoms with Crippen molar-refractivity contribution in [2.24, 2.45) is 0 Å². The number of amides is 1. The molecular weight excluding hydrogens is 232 g/mol. The highest BCUT2D eigenvalue weighted by Crippen LogP contribution is 2.27. The minimum atomic E-state index is -0.274. The molecule has 2 unspecified atom stereocenters. The highest BCUT2D eigenvalue weighted by atomic mass is 16.5. The summed E-state index contributed by atoms with van der Waals surface area (Å²) in [4.78, 5) is 14.2. The summed E-state index contributed by atoms with van der Waals surface area (Å²) in [6, 6.07) is 0.624. The van der Waals surface area contributed by atoms with Crippen LogP contribution in [0.3, 0.4) is 0 Å². The number of hydrogen-bond acceptors (Lipinski definition) is 4. The molecule has 2 atom stereocenters. The molecule has 18 heavy (non-hydrogen) atoms. The summed E-state index contributed by atoms with van der Waals surface area (Å²) in [7, 11) is 1.72. The van der Waals surface area contributed by atoms with Crippen LogP contribution in [0.25, 0.3) is 0 Å². The Labute approximate surface area is 108 Å². The lowest BCUT2D eigenvalue weighted by molar-refractivity contribution is -0.133. The number of carbonyl (C=O) groups is 1. The van der Waals surface area contributed by atoms with Crippen molar-refractivity contribution >= 4 is 5.91 Å². The quantitative estimate of drug-likeness (QED) is 0.758. The third kappa shape index (κ3) is 2.39. The molecule has 0 aromatic rings. The topological polar surface area (TPSA) is 50.8 Å². The molecule has 0 radical (unpaired) electrons. The second-order valence-corrected chi connectivity index (χ2v) is 5.73. The van der Waals surface area contributed by atoms with Gasteiger partial charge < -0.3 is 19.7 Å². The van der Waals surface area contributed by atoms with Crippen molar-refractivity contribution in [1.29, 1.82) is 0 Å². The molecule has 3 aliphatic rings. The van der Waals surface area contributed by atoms with Gasteiger partial charge in [-0.05, 0) is 19.3 Å². The van der Waals surface area contributed by atoms with Crippen molar-refractivity contribution < 1.29 is 14.3 Å². The Hall–Kier alpha value is -0.650. The smallest absolute Gasteiger partial charge is 0.239 e. The van der Waals surface area contributed by atoms with Gasteiger partial charge in [-0.25, -0.2) is 0 Å². The molecule has 2 heterocycles. The predicted molar refractivity (Wildman–Crippen MR) is 66.3 cm³/mol. The van der Waals surface area contributed by atoms with Gasteiger partial charge in [-0.3, -0.25) is 4.79 Å².